The van der Waals surface area contributed by atoms with Crippen LogP contribution in [0.3, 0.4) is 0 Å². The van der Waals surface area contributed by atoms with Crippen molar-refractivity contribution in [2.24, 2.45) is 0 Å². The molecule has 0 bridgehead atoms. The summed E-state index contributed by atoms with van der Waals surface area (Å²) < 4.78 is 1.57. The summed E-state index contributed by atoms with van der Waals surface area (Å²) in [5.41, 5.74) is 0.814. The first kappa shape index (κ1) is 15.1. The highest BCUT2D eigenvalue weighted by Gasteiger charge is 2.21. The standard InChI is InChI=1S/C14H13ClN2O4/c1-2-7-16-11(5-6-12(16)14(18)19)10-4-3-9(15)8-13(10)17(20)21/h3-6,8H,2,7H2,1H3,(H,18,19). The van der Waals surface area contributed by atoms with Gasteiger partial charge in [-0.05, 0) is 30.7 Å². The van der Waals surface area contributed by atoms with Crippen molar-refractivity contribution in [1.82, 2.24) is 4.57 Å². The molecule has 2 aromatic rings. The van der Waals surface area contributed by atoms with Crippen LogP contribution in [-0.2, 0) is 6.54 Å². The zero-order valence-corrected chi connectivity index (χ0v) is 12.0. The number of aromatic nitrogens is 1. The number of carboxylic acid groups (broad SMARTS) is 1. The van der Waals surface area contributed by atoms with E-state index in [1.54, 1.807) is 16.7 Å². The van der Waals surface area contributed by atoms with Crippen molar-refractivity contribution in [3.8, 4) is 11.3 Å². The number of nitro groups is 1. The molecule has 110 valence electrons. The molecule has 0 amide bonds. The minimum Gasteiger partial charge on any atom is -0.477 e. The quantitative estimate of drug-likeness (QED) is 0.672. The predicted octanol–water partition coefficient (Wildman–Crippen LogP) is 3.82. The molecule has 2 rings (SSSR count). The molecule has 0 fully saturated rings. The molecule has 0 radical (unpaired) electrons. The van der Waals surface area contributed by atoms with Gasteiger partial charge in [0.05, 0.1) is 16.2 Å². The molecule has 0 saturated heterocycles. The van der Waals surface area contributed by atoms with Crippen molar-refractivity contribution < 1.29 is 14.8 Å². The Morgan fingerprint density at radius 2 is 2.10 bits per heavy atom. The van der Waals surface area contributed by atoms with Crippen molar-refractivity contribution in [3.63, 3.8) is 0 Å². The third kappa shape index (κ3) is 2.90. The summed E-state index contributed by atoms with van der Waals surface area (Å²) in [6, 6.07) is 7.38. The SMILES string of the molecule is CCCn1c(C(=O)O)ccc1-c1ccc(Cl)cc1[N+](=O)[O-]. The first-order valence-electron chi connectivity index (χ1n) is 6.32. The van der Waals surface area contributed by atoms with Gasteiger partial charge in [0.2, 0.25) is 0 Å². The van der Waals surface area contributed by atoms with Gasteiger partial charge < -0.3 is 9.67 Å². The van der Waals surface area contributed by atoms with E-state index in [-0.39, 0.29) is 16.4 Å². The van der Waals surface area contributed by atoms with Gasteiger partial charge in [0.25, 0.3) is 5.69 Å². The Kier molecular flexibility index (Phi) is 4.28. The third-order valence-corrected chi connectivity index (χ3v) is 3.31. The average molecular weight is 309 g/mol. The highest BCUT2D eigenvalue weighted by atomic mass is 35.5. The van der Waals surface area contributed by atoms with Crippen LogP contribution >= 0.6 is 11.6 Å². The second-order valence-corrected chi connectivity index (χ2v) is 4.92. The third-order valence-electron chi connectivity index (χ3n) is 3.08. The summed E-state index contributed by atoms with van der Waals surface area (Å²) in [6.45, 7) is 2.37. The molecule has 1 heterocycles. The van der Waals surface area contributed by atoms with Crippen molar-refractivity contribution in [2.75, 3.05) is 0 Å². The topological polar surface area (TPSA) is 85.4 Å². The number of benzene rings is 1. The Bertz CT molecular complexity index is 709. The van der Waals surface area contributed by atoms with Crippen LogP contribution in [0.5, 0.6) is 0 Å². The van der Waals surface area contributed by atoms with E-state index in [2.05, 4.69) is 0 Å². The summed E-state index contributed by atoms with van der Waals surface area (Å²) >= 11 is 5.80. The van der Waals surface area contributed by atoms with Crippen molar-refractivity contribution in [1.29, 1.82) is 0 Å². The lowest BCUT2D eigenvalue weighted by atomic mass is 10.1. The zero-order valence-electron chi connectivity index (χ0n) is 11.2. The van der Waals surface area contributed by atoms with Crippen LogP contribution in [0, 0.1) is 10.1 Å². The Labute approximate surface area is 125 Å². The second-order valence-electron chi connectivity index (χ2n) is 4.48. The van der Waals surface area contributed by atoms with E-state index in [1.807, 2.05) is 6.92 Å². The number of carbonyl (C=O) groups is 1. The molecule has 21 heavy (non-hydrogen) atoms. The average Bonchev–Trinajstić information content (AvgIpc) is 2.83. The van der Waals surface area contributed by atoms with Crippen molar-refractivity contribution in [3.05, 3.63) is 51.2 Å². The van der Waals surface area contributed by atoms with Gasteiger partial charge in [-0.15, -0.1) is 0 Å². The lowest BCUT2D eigenvalue weighted by molar-refractivity contribution is -0.384. The smallest absolute Gasteiger partial charge is 0.352 e. The molecule has 0 atom stereocenters. The van der Waals surface area contributed by atoms with Gasteiger partial charge in [-0.1, -0.05) is 18.5 Å². The minimum atomic E-state index is -1.06. The van der Waals surface area contributed by atoms with Crippen LogP contribution in [0.4, 0.5) is 5.69 Å². The van der Waals surface area contributed by atoms with Gasteiger partial charge in [0.1, 0.15) is 5.69 Å². The molecule has 6 nitrogen and oxygen atoms in total. The maximum Gasteiger partial charge on any atom is 0.352 e. The predicted molar refractivity (Wildman–Crippen MR) is 78.8 cm³/mol. The number of hydrogen-bond acceptors (Lipinski definition) is 3. The molecule has 0 unspecified atom stereocenters. The molecule has 0 aliphatic heterocycles. The molecule has 0 aliphatic carbocycles. The number of carboxylic acids is 1. The molecular weight excluding hydrogens is 296 g/mol. The molecule has 0 spiro atoms. The van der Waals surface area contributed by atoms with E-state index in [0.717, 1.165) is 0 Å². The first-order chi connectivity index (χ1) is 9.95. The molecule has 7 heteroatoms. The van der Waals surface area contributed by atoms with Gasteiger partial charge in [-0.3, -0.25) is 10.1 Å². The van der Waals surface area contributed by atoms with E-state index < -0.39 is 10.9 Å². The molecule has 0 aliphatic rings. The number of nitro benzene ring substituents is 1. The molecular formula is C14H13ClN2O4. The van der Waals surface area contributed by atoms with Gasteiger partial charge in [-0.25, -0.2) is 4.79 Å². The van der Waals surface area contributed by atoms with Crippen LogP contribution in [0.2, 0.25) is 5.02 Å². The maximum absolute atomic E-state index is 11.2. The maximum atomic E-state index is 11.2. The van der Waals surface area contributed by atoms with Gasteiger partial charge in [-0.2, -0.15) is 0 Å². The van der Waals surface area contributed by atoms with Gasteiger partial charge >= 0.3 is 5.97 Å². The number of aromatic carboxylic acids is 1. The Hall–Kier alpha value is -2.34. The number of halogens is 1. The normalized spacial score (nSPS) is 10.6. The lowest BCUT2D eigenvalue weighted by Crippen LogP contribution is -2.09. The molecule has 1 aromatic carbocycles. The van der Waals surface area contributed by atoms with Crippen LogP contribution in [0.15, 0.2) is 30.3 Å². The number of hydrogen-bond donors (Lipinski definition) is 1. The van der Waals surface area contributed by atoms with Crippen LogP contribution < -0.4 is 0 Å². The number of nitrogens with zero attached hydrogens (tertiary/aromatic N) is 2. The zero-order chi connectivity index (χ0) is 15.6. The highest BCUT2D eigenvalue weighted by Crippen LogP contribution is 2.33. The highest BCUT2D eigenvalue weighted by molar-refractivity contribution is 6.30. The fourth-order valence-corrected chi connectivity index (χ4v) is 2.39. The van der Waals surface area contributed by atoms with E-state index in [1.165, 1.54) is 18.2 Å². The Balaban J connectivity index is 2.67. The summed E-state index contributed by atoms with van der Waals surface area (Å²) in [6.07, 6.45) is 0.712. The van der Waals surface area contributed by atoms with Crippen molar-refractivity contribution in [2.45, 2.75) is 19.9 Å². The van der Waals surface area contributed by atoms with Crippen LogP contribution in [0.1, 0.15) is 23.8 Å². The minimum absolute atomic E-state index is 0.107. The summed E-state index contributed by atoms with van der Waals surface area (Å²) in [4.78, 5) is 21.9. The van der Waals surface area contributed by atoms with E-state index in [4.69, 9.17) is 11.6 Å². The summed E-state index contributed by atoms with van der Waals surface area (Å²) in [5, 5.41) is 20.6. The first-order valence-corrected chi connectivity index (χ1v) is 6.70. The second kappa shape index (κ2) is 5.97. The van der Waals surface area contributed by atoms with E-state index in [9.17, 15) is 20.0 Å². The van der Waals surface area contributed by atoms with Gasteiger partial charge in [0, 0.05) is 17.6 Å². The fourth-order valence-electron chi connectivity index (χ4n) is 2.23. The summed E-state index contributed by atoms with van der Waals surface area (Å²) in [5.74, 6) is -1.06. The van der Waals surface area contributed by atoms with Crippen LogP contribution in [-0.4, -0.2) is 20.6 Å². The fraction of sp³-hybridized carbons (Fsp3) is 0.214. The Morgan fingerprint density at radius 1 is 1.38 bits per heavy atom. The molecule has 1 N–H and O–H groups in total. The monoisotopic (exact) mass is 308 g/mol. The van der Waals surface area contributed by atoms with E-state index >= 15 is 0 Å². The molecule has 1 aromatic heterocycles. The van der Waals surface area contributed by atoms with Crippen LogP contribution in [0.25, 0.3) is 11.3 Å². The van der Waals surface area contributed by atoms with Gasteiger partial charge in [0.15, 0.2) is 0 Å². The molecule has 0 saturated carbocycles. The Morgan fingerprint density at radius 3 is 2.67 bits per heavy atom. The summed E-state index contributed by atoms with van der Waals surface area (Å²) in [7, 11) is 0. The van der Waals surface area contributed by atoms with E-state index in [0.29, 0.717) is 24.2 Å². The number of rotatable bonds is 5. The van der Waals surface area contributed by atoms with Crippen molar-refractivity contribution >= 4 is 23.3 Å². The lowest BCUT2D eigenvalue weighted by Gasteiger charge is -2.11. The largest absolute Gasteiger partial charge is 0.477 e.